The van der Waals surface area contributed by atoms with Crippen LogP contribution in [0.5, 0.6) is 0 Å². The zero-order chi connectivity index (χ0) is 15.6. The van der Waals surface area contributed by atoms with Crippen molar-refractivity contribution >= 4 is 23.5 Å². The van der Waals surface area contributed by atoms with E-state index in [2.05, 4.69) is 10.3 Å². The summed E-state index contributed by atoms with van der Waals surface area (Å²) in [7, 11) is 0. The number of aromatic nitrogens is 1. The van der Waals surface area contributed by atoms with Gasteiger partial charge >= 0.3 is 0 Å². The van der Waals surface area contributed by atoms with Crippen LogP contribution in [0.1, 0.15) is 50.5 Å². The van der Waals surface area contributed by atoms with Crippen molar-refractivity contribution in [2.45, 2.75) is 50.7 Å². The summed E-state index contributed by atoms with van der Waals surface area (Å²) in [5, 5.41) is 11.7. The van der Waals surface area contributed by atoms with E-state index in [1.54, 1.807) is 18.0 Å². The highest BCUT2D eigenvalue weighted by Gasteiger charge is 2.15. The molecule has 122 valence electrons. The smallest absolute Gasteiger partial charge is 0.225 e. The summed E-state index contributed by atoms with van der Waals surface area (Å²) < 4.78 is 0. The first kappa shape index (κ1) is 17.3. The van der Waals surface area contributed by atoms with Crippen LogP contribution in [0.25, 0.3) is 0 Å². The van der Waals surface area contributed by atoms with E-state index in [1.165, 1.54) is 32.1 Å². The Hall–Kier alpha value is -1.07. The molecule has 0 spiro atoms. The SMILES string of the molecule is O=C(CCC1CCCCC1)Nc1cc(CSCCO)ccn1. The van der Waals surface area contributed by atoms with Crippen LogP contribution in [0.15, 0.2) is 18.3 Å². The third-order valence-electron chi connectivity index (χ3n) is 4.10. The van der Waals surface area contributed by atoms with Crippen molar-refractivity contribution in [2.24, 2.45) is 5.92 Å². The van der Waals surface area contributed by atoms with Crippen molar-refractivity contribution in [3.05, 3.63) is 23.9 Å². The van der Waals surface area contributed by atoms with E-state index >= 15 is 0 Å². The Morgan fingerprint density at radius 2 is 2.18 bits per heavy atom. The van der Waals surface area contributed by atoms with Crippen molar-refractivity contribution in [1.29, 1.82) is 0 Å². The van der Waals surface area contributed by atoms with Crippen LogP contribution in [0.4, 0.5) is 5.82 Å². The van der Waals surface area contributed by atoms with Crippen LogP contribution in [0.3, 0.4) is 0 Å². The lowest BCUT2D eigenvalue weighted by Gasteiger charge is -2.20. The number of carbonyl (C=O) groups excluding carboxylic acids is 1. The number of pyridine rings is 1. The fourth-order valence-electron chi connectivity index (χ4n) is 2.90. The maximum atomic E-state index is 12.0. The monoisotopic (exact) mass is 322 g/mol. The molecule has 1 amide bonds. The topological polar surface area (TPSA) is 62.2 Å². The van der Waals surface area contributed by atoms with Crippen LogP contribution in [0, 0.1) is 5.92 Å². The van der Waals surface area contributed by atoms with Gasteiger partial charge in [0.2, 0.25) is 5.91 Å². The summed E-state index contributed by atoms with van der Waals surface area (Å²) in [4.78, 5) is 16.2. The van der Waals surface area contributed by atoms with Crippen molar-refractivity contribution in [3.8, 4) is 0 Å². The van der Waals surface area contributed by atoms with E-state index < -0.39 is 0 Å². The Kier molecular flexibility index (Phi) is 7.74. The molecule has 5 heteroatoms. The van der Waals surface area contributed by atoms with Crippen LogP contribution in [-0.2, 0) is 10.5 Å². The molecule has 1 aliphatic carbocycles. The first-order valence-electron chi connectivity index (χ1n) is 8.21. The molecule has 1 aromatic heterocycles. The fourth-order valence-corrected chi connectivity index (χ4v) is 3.59. The van der Waals surface area contributed by atoms with Crippen LogP contribution < -0.4 is 5.32 Å². The number of anilines is 1. The summed E-state index contributed by atoms with van der Waals surface area (Å²) in [6.07, 6.45) is 9.88. The Morgan fingerprint density at radius 3 is 2.95 bits per heavy atom. The Bertz CT molecular complexity index is 462. The van der Waals surface area contributed by atoms with Gasteiger partial charge in [0.15, 0.2) is 0 Å². The maximum absolute atomic E-state index is 12.0. The molecular formula is C17H26N2O2S. The van der Waals surface area contributed by atoms with E-state index in [-0.39, 0.29) is 12.5 Å². The number of aliphatic hydroxyl groups is 1. The molecule has 1 aromatic rings. The molecule has 4 nitrogen and oxygen atoms in total. The summed E-state index contributed by atoms with van der Waals surface area (Å²) in [6, 6.07) is 3.87. The Balaban J connectivity index is 1.74. The second-order valence-corrected chi connectivity index (χ2v) is 7.02. The van der Waals surface area contributed by atoms with Gasteiger partial charge in [-0.1, -0.05) is 32.1 Å². The molecule has 1 saturated carbocycles. The minimum atomic E-state index is 0.0678. The quantitative estimate of drug-likeness (QED) is 0.718. The lowest BCUT2D eigenvalue weighted by atomic mass is 9.86. The van der Waals surface area contributed by atoms with E-state index in [9.17, 15) is 4.79 Å². The molecular weight excluding hydrogens is 296 g/mol. The molecule has 0 bridgehead atoms. The average Bonchev–Trinajstić information content (AvgIpc) is 2.55. The van der Waals surface area contributed by atoms with Gasteiger partial charge in [0.1, 0.15) is 5.82 Å². The van der Waals surface area contributed by atoms with Crippen molar-refractivity contribution in [2.75, 3.05) is 17.7 Å². The molecule has 0 radical (unpaired) electrons. The van der Waals surface area contributed by atoms with E-state index in [0.29, 0.717) is 12.2 Å². The zero-order valence-electron chi connectivity index (χ0n) is 13.1. The molecule has 2 N–H and O–H groups in total. The number of amides is 1. The molecule has 1 fully saturated rings. The molecule has 2 rings (SSSR count). The van der Waals surface area contributed by atoms with Gasteiger partial charge in [0.25, 0.3) is 0 Å². The van der Waals surface area contributed by atoms with Crippen molar-refractivity contribution < 1.29 is 9.90 Å². The number of hydrogen-bond donors (Lipinski definition) is 2. The number of aliphatic hydroxyl groups excluding tert-OH is 1. The highest BCUT2D eigenvalue weighted by molar-refractivity contribution is 7.98. The molecule has 0 atom stereocenters. The molecule has 1 aliphatic rings. The lowest BCUT2D eigenvalue weighted by Crippen LogP contribution is -2.15. The molecule has 0 unspecified atom stereocenters. The lowest BCUT2D eigenvalue weighted by molar-refractivity contribution is -0.116. The maximum Gasteiger partial charge on any atom is 0.225 e. The first-order valence-corrected chi connectivity index (χ1v) is 9.37. The second kappa shape index (κ2) is 9.85. The minimum Gasteiger partial charge on any atom is -0.396 e. The largest absolute Gasteiger partial charge is 0.396 e. The van der Waals surface area contributed by atoms with E-state index in [4.69, 9.17) is 5.11 Å². The summed E-state index contributed by atoms with van der Waals surface area (Å²) in [5.41, 5.74) is 1.12. The van der Waals surface area contributed by atoms with Gasteiger partial charge in [0, 0.05) is 24.1 Å². The first-order chi connectivity index (χ1) is 10.8. The number of rotatable bonds is 8. The highest BCUT2D eigenvalue weighted by atomic mass is 32.2. The average molecular weight is 322 g/mol. The summed E-state index contributed by atoms with van der Waals surface area (Å²) >= 11 is 1.67. The molecule has 1 heterocycles. The van der Waals surface area contributed by atoms with Gasteiger partial charge in [-0.05, 0) is 30.0 Å². The zero-order valence-corrected chi connectivity index (χ0v) is 13.9. The standard InChI is InChI=1S/C17H26N2O2S/c20-10-11-22-13-15-8-9-18-16(12-15)19-17(21)7-6-14-4-2-1-3-5-14/h8-9,12,14,20H,1-7,10-11,13H2,(H,18,19,21). The van der Waals surface area contributed by atoms with Gasteiger partial charge in [0.05, 0.1) is 6.61 Å². The van der Waals surface area contributed by atoms with E-state index in [1.807, 2.05) is 12.1 Å². The van der Waals surface area contributed by atoms with Crippen LogP contribution >= 0.6 is 11.8 Å². The van der Waals surface area contributed by atoms with Gasteiger partial charge < -0.3 is 10.4 Å². The van der Waals surface area contributed by atoms with Crippen molar-refractivity contribution in [1.82, 2.24) is 4.98 Å². The van der Waals surface area contributed by atoms with Crippen molar-refractivity contribution in [3.63, 3.8) is 0 Å². The number of hydrogen-bond acceptors (Lipinski definition) is 4. The molecule has 0 saturated heterocycles. The van der Waals surface area contributed by atoms with Gasteiger partial charge in [-0.15, -0.1) is 0 Å². The van der Waals surface area contributed by atoms with Crippen LogP contribution in [0.2, 0.25) is 0 Å². The molecule has 0 aromatic carbocycles. The minimum absolute atomic E-state index is 0.0678. The number of nitrogens with one attached hydrogen (secondary N) is 1. The highest BCUT2D eigenvalue weighted by Crippen LogP contribution is 2.27. The normalized spacial score (nSPS) is 15.7. The predicted octanol–water partition coefficient (Wildman–Crippen LogP) is 3.61. The van der Waals surface area contributed by atoms with E-state index in [0.717, 1.165) is 29.4 Å². The number of thioether (sulfide) groups is 1. The molecule has 22 heavy (non-hydrogen) atoms. The van der Waals surface area contributed by atoms with Gasteiger partial charge in [-0.3, -0.25) is 4.79 Å². The van der Waals surface area contributed by atoms with Gasteiger partial charge in [-0.25, -0.2) is 4.98 Å². The Morgan fingerprint density at radius 1 is 1.36 bits per heavy atom. The third-order valence-corrected chi connectivity index (χ3v) is 5.11. The third kappa shape index (κ3) is 6.36. The predicted molar refractivity (Wildman–Crippen MR) is 91.9 cm³/mol. The second-order valence-electron chi connectivity index (χ2n) is 5.92. The summed E-state index contributed by atoms with van der Waals surface area (Å²) in [5.74, 6) is 2.99. The van der Waals surface area contributed by atoms with Crippen LogP contribution in [-0.4, -0.2) is 28.4 Å². The number of carbonyl (C=O) groups is 1. The van der Waals surface area contributed by atoms with Gasteiger partial charge in [-0.2, -0.15) is 11.8 Å². The fraction of sp³-hybridized carbons (Fsp3) is 0.647. The Labute approximate surface area is 137 Å². The molecule has 0 aliphatic heterocycles. The number of nitrogens with zero attached hydrogens (tertiary/aromatic N) is 1. The summed E-state index contributed by atoms with van der Waals surface area (Å²) in [6.45, 7) is 0.195.